The second-order valence-electron chi connectivity index (χ2n) is 4.44. The van der Waals surface area contributed by atoms with Crippen LogP contribution in [0.3, 0.4) is 0 Å². The molecule has 5 nitrogen and oxygen atoms in total. The molecule has 0 spiro atoms. The standard InChI is InChI=1S/C13H17ClN4O/c1-9(2)18-12(16-8-17-18)7-19-13-10(6-15)4-3-5-11(13)14/h3-5,8-9H,6-7,15H2,1-2H3. The summed E-state index contributed by atoms with van der Waals surface area (Å²) in [6.07, 6.45) is 1.52. The number of nitrogens with zero attached hydrogens (tertiary/aromatic N) is 3. The fourth-order valence-electron chi connectivity index (χ4n) is 1.82. The lowest BCUT2D eigenvalue weighted by atomic mass is 10.2. The van der Waals surface area contributed by atoms with Gasteiger partial charge in [0.15, 0.2) is 5.82 Å². The number of ether oxygens (including phenoxy) is 1. The molecule has 2 N–H and O–H groups in total. The van der Waals surface area contributed by atoms with E-state index in [-0.39, 0.29) is 6.04 Å². The van der Waals surface area contributed by atoms with Gasteiger partial charge in [0.05, 0.1) is 5.02 Å². The van der Waals surface area contributed by atoms with Crippen LogP contribution in [0, 0.1) is 0 Å². The third-order valence-corrected chi connectivity index (χ3v) is 3.05. The molecular formula is C13H17ClN4O. The molecule has 1 heterocycles. The molecule has 0 aliphatic rings. The summed E-state index contributed by atoms with van der Waals surface area (Å²) in [5.74, 6) is 1.38. The van der Waals surface area contributed by atoms with Crippen molar-refractivity contribution in [3.05, 3.63) is 40.9 Å². The van der Waals surface area contributed by atoms with Crippen molar-refractivity contribution in [2.45, 2.75) is 33.0 Å². The summed E-state index contributed by atoms with van der Waals surface area (Å²) in [4.78, 5) is 4.19. The molecule has 2 aromatic rings. The van der Waals surface area contributed by atoms with Crippen LogP contribution in [0.25, 0.3) is 0 Å². The van der Waals surface area contributed by atoms with Crippen molar-refractivity contribution in [1.29, 1.82) is 0 Å². The highest BCUT2D eigenvalue weighted by Gasteiger charge is 2.11. The Morgan fingerprint density at radius 3 is 2.89 bits per heavy atom. The molecule has 0 atom stereocenters. The van der Waals surface area contributed by atoms with Crippen LogP contribution >= 0.6 is 11.6 Å². The van der Waals surface area contributed by atoms with Crippen LogP contribution in [0.4, 0.5) is 0 Å². The first-order chi connectivity index (χ1) is 9.13. The molecule has 0 aliphatic carbocycles. The summed E-state index contributed by atoms with van der Waals surface area (Å²) >= 11 is 6.13. The molecular weight excluding hydrogens is 264 g/mol. The van der Waals surface area contributed by atoms with Crippen LogP contribution < -0.4 is 10.5 Å². The second-order valence-corrected chi connectivity index (χ2v) is 4.84. The maximum absolute atomic E-state index is 6.13. The van der Waals surface area contributed by atoms with Gasteiger partial charge in [-0.3, -0.25) is 0 Å². The van der Waals surface area contributed by atoms with Gasteiger partial charge < -0.3 is 10.5 Å². The summed E-state index contributed by atoms with van der Waals surface area (Å²) in [6, 6.07) is 5.77. The summed E-state index contributed by atoms with van der Waals surface area (Å²) in [6.45, 7) is 4.78. The molecule has 0 unspecified atom stereocenters. The fraction of sp³-hybridized carbons (Fsp3) is 0.385. The molecule has 0 amide bonds. The summed E-state index contributed by atoms with van der Waals surface area (Å²) < 4.78 is 7.58. The van der Waals surface area contributed by atoms with Gasteiger partial charge in [0.1, 0.15) is 18.7 Å². The number of nitrogens with two attached hydrogens (primary N) is 1. The third kappa shape index (κ3) is 3.05. The molecule has 0 aliphatic heterocycles. The van der Waals surface area contributed by atoms with Gasteiger partial charge in [-0.05, 0) is 19.9 Å². The highest BCUT2D eigenvalue weighted by molar-refractivity contribution is 6.32. The zero-order valence-electron chi connectivity index (χ0n) is 11.0. The minimum Gasteiger partial charge on any atom is -0.484 e. The summed E-state index contributed by atoms with van der Waals surface area (Å²) in [7, 11) is 0. The van der Waals surface area contributed by atoms with E-state index in [9.17, 15) is 0 Å². The van der Waals surface area contributed by atoms with Gasteiger partial charge in [0.25, 0.3) is 0 Å². The highest BCUT2D eigenvalue weighted by atomic mass is 35.5. The van der Waals surface area contributed by atoms with E-state index in [0.717, 1.165) is 11.4 Å². The molecule has 1 aromatic heterocycles. The Morgan fingerprint density at radius 2 is 2.21 bits per heavy atom. The van der Waals surface area contributed by atoms with Crippen molar-refractivity contribution in [1.82, 2.24) is 14.8 Å². The van der Waals surface area contributed by atoms with Crippen molar-refractivity contribution in [3.8, 4) is 5.75 Å². The Morgan fingerprint density at radius 1 is 1.42 bits per heavy atom. The predicted molar refractivity (Wildman–Crippen MR) is 74.1 cm³/mol. The number of halogens is 1. The summed E-state index contributed by atoms with van der Waals surface area (Å²) in [5, 5.41) is 4.72. The van der Waals surface area contributed by atoms with E-state index in [4.69, 9.17) is 22.1 Å². The molecule has 6 heteroatoms. The van der Waals surface area contributed by atoms with Gasteiger partial charge in [-0.1, -0.05) is 23.7 Å². The Kier molecular flexibility index (Phi) is 4.39. The van der Waals surface area contributed by atoms with Crippen LogP contribution in [0.1, 0.15) is 31.3 Å². The molecule has 102 valence electrons. The van der Waals surface area contributed by atoms with Gasteiger partial charge in [0.2, 0.25) is 0 Å². The molecule has 2 rings (SSSR count). The molecule has 0 saturated heterocycles. The maximum Gasteiger partial charge on any atom is 0.165 e. The number of hydrogen-bond acceptors (Lipinski definition) is 4. The molecule has 0 bridgehead atoms. The average Bonchev–Trinajstić information content (AvgIpc) is 2.85. The fourth-order valence-corrected chi connectivity index (χ4v) is 2.07. The van der Waals surface area contributed by atoms with Gasteiger partial charge >= 0.3 is 0 Å². The predicted octanol–water partition coefficient (Wildman–Crippen LogP) is 2.55. The number of aromatic nitrogens is 3. The highest BCUT2D eigenvalue weighted by Crippen LogP contribution is 2.29. The van der Waals surface area contributed by atoms with Gasteiger partial charge in [-0.2, -0.15) is 5.10 Å². The summed E-state index contributed by atoms with van der Waals surface area (Å²) in [5.41, 5.74) is 6.55. The van der Waals surface area contributed by atoms with Crippen LogP contribution in [0.15, 0.2) is 24.5 Å². The monoisotopic (exact) mass is 280 g/mol. The molecule has 0 saturated carbocycles. The van der Waals surface area contributed by atoms with Gasteiger partial charge in [-0.25, -0.2) is 9.67 Å². The van der Waals surface area contributed by atoms with Crippen molar-refractivity contribution in [2.75, 3.05) is 0 Å². The number of para-hydroxylation sites is 1. The first kappa shape index (κ1) is 13.8. The van der Waals surface area contributed by atoms with Crippen molar-refractivity contribution in [3.63, 3.8) is 0 Å². The van der Waals surface area contributed by atoms with E-state index in [1.807, 2.05) is 30.7 Å². The topological polar surface area (TPSA) is 66.0 Å². The van der Waals surface area contributed by atoms with E-state index < -0.39 is 0 Å². The SMILES string of the molecule is CC(C)n1ncnc1COc1c(Cl)cccc1CN. The Hall–Kier alpha value is -1.59. The first-order valence-electron chi connectivity index (χ1n) is 6.12. The Labute approximate surface area is 117 Å². The van der Waals surface area contributed by atoms with E-state index in [0.29, 0.717) is 23.9 Å². The molecule has 19 heavy (non-hydrogen) atoms. The Bertz CT molecular complexity index is 553. The molecule has 1 aromatic carbocycles. The van der Waals surface area contributed by atoms with Crippen LogP contribution in [-0.4, -0.2) is 14.8 Å². The quantitative estimate of drug-likeness (QED) is 0.914. The van der Waals surface area contributed by atoms with Crippen LogP contribution in [-0.2, 0) is 13.2 Å². The molecule has 0 radical (unpaired) electrons. The second kappa shape index (κ2) is 6.04. The van der Waals surface area contributed by atoms with E-state index in [2.05, 4.69) is 10.1 Å². The average molecular weight is 281 g/mol. The van der Waals surface area contributed by atoms with E-state index in [1.54, 1.807) is 6.07 Å². The van der Waals surface area contributed by atoms with Crippen molar-refractivity contribution < 1.29 is 4.74 Å². The number of benzene rings is 1. The zero-order valence-corrected chi connectivity index (χ0v) is 11.8. The number of hydrogen-bond donors (Lipinski definition) is 1. The first-order valence-corrected chi connectivity index (χ1v) is 6.50. The van der Waals surface area contributed by atoms with Gasteiger partial charge in [0, 0.05) is 18.2 Å². The van der Waals surface area contributed by atoms with Crippen molar-refractivity contribution in [2.24, 2.45) is 5.73 Å². The van der Waals surface area contributed by atoms with Crippen LogP contribution in [0.5, 0.6) is 5.75 Å². The minimum atomic E-state index is 0.237. The lowest BCUT2D eigenvalue weighted by Crippen LogP contribution is -2.11. The minimum absolute atomic E-state index is 0.237. The largest absolute Gasteiger partial charge is 0.484 e. The van der Waals surface area contributed by atoms with E-state index in [1.165, 1.54) is 6.33 Å². The third-order valence-electron chi connectivity index (χ3n) is 2.75. The van der Waals surface area contributed by atoms with Crippen molar-refractivity contribution >= 4 is 11.6 Å². The lowest BCUT2D eigenvalue weighted by Gasteiger charge is -2.13. The normalized spacial score (nSPS) is 11.0. The van der Waals surface area contributed by atoms with Crippen LogP contribution in [0.2, 0.25) is 5.02 Å². The maximum atomic E-state index is 6.13. The zero-order chi connectivity index (χ0) is 13.8. The van der Waals surface area contributed by atoms with Gasteiger partial charge in [-0.15, -0.1) is 0 Å². The van der Waals surface area contributed by atoms with E-state index >= 15 is 0 Å². The molecule has 0 fully saturated rings. The number of rotatable bonds is 5. The Balaban J connectivity index is 2.17. The smallest absolute Gasteiger partial charge is 0.165 e. The lowest BCUT2D eigenvalue weighted by molar-refractivity contribution is 0.280.